The van der Waals surface area contributed by atoms with E-state index >= 15 is 0 Å². The monoisotopic (exact) mass is 442 g/mol. The molecule has 0 N–H and O–H groups in total. The lowest BCUT2D eigenvalue weighted by Crippen LogP contribution is -2.49. The Morgan fingerprint density at radius 2 is 1.71 bits per heavy atom. The van der Waals surface area contributed by atoms with Crippen LogP contribution in [-0.4, -0.2) is 80.1 Å². The Labute approximate surface area is 184 Å². The maximum absolute atomic E-state index is 13.0. The van der Waals surface area contributed by atoms with Gasteiger partial charge in [0.25, 0.3) is 0 Å². The normalized spacial score (nSPS) is 24.9. The lowest BCUT2D eigenvalue weighted by atomic mass is 10.1. The Morgan fingerprint density at radius 3 is 2.26 bits per heavy atom. The lowest BCUT2D eigenvalue weighted by Gasteiger charge is -2.37. The maximum atomic E-state index is 13.0. The quantitative estimate of drug-likeness (QED) is 0.709. The second-order valence-electron chi connectivity index (χ2n) is 8.97. The van der Waals surface area contributed by atoms with Crippen LogP contribution in [0.5, 0.6) is 0 Å². The van der Waals surface area contributed by atoms with Crippen LogP contribution >= 0.6 is 0 Å². The molecule has 0 radical (unpaired) electrons. The second-order valence-corrected chi connectivity index (χ2v) is 10.9. The van der Waals surface area contributed by atoms with Gasteiger partial charge < -0.3 is 9.64 Å². The molecule has 1 aromatic heterocycles. The van der Waals surface area contributed by atoms with Crippen molar-refractivity contribution >= 4 is 15.8 Å². The van der Waals surface area contributed by atoms with Crippen LogP contribution in [0, 0.1) is 0 Å². The van der Waals surface area contributed by atoms with Crippen LogP contribution in [0.4, 0.5) is 5.82 Å². The number of hydrogen-bond donors (Lipinski definition) is 0. The third kappa shape index (κ3) is 3.98. The predicted octanol–water partition coefficient (Wildman–Crippen LogP) is 2.44. The van der Waals surface area contributed by atoms with Crippen molar-refractivity contribution in [2.75, 3.05) is 44.2 Å². The first-order valence-corrected chi connectivity index (χ1v) is 12.5. The van der Waals surface area contributed by atoms with Gasteiger partial charge in [0.05, 0.1) is 23.6 Å². The first-order chi connectivity index (χ1) is 14.9. The van der Waals surface area contributed by atoms with Gasteiger partial charge in [-0.15, -0.1) is 0 Å². The van der Waals surface area contributed by atoms with Crippen LogP contribution in [0.15, 0.2) is 47.5 Å². The molecule has 3 aliphatic heterocycles. The van der Waals surface area contributed by atoms with Gasteiger partial charge in [-0.2, -0.15) is 4.31 Å². The van der Waals surface area contributed by atoms with Crippen molar-refractivity contribution in [2.45, 2.75) is 43.4 Å². The predicted molar refractivity (Wildman–Crippen MR) is 121 cm³/mol. The van der Waals surface area contributed by atoms with E-state index < -0.39 is 10.0 Å². The van der Waals surface area contributed by atoms with E-state index in [4.69, 9.17) is 4.74 Å². The van der Waals surface area contributed by atoms with Gasteiger partial charge in [-0.05, 0) is 50.1 Å². The number of morpholine rings is 1. The SMILES string of the molecule is CC(C)N1CCN(c2ccc(-c3ccc(S(=O)(=O)N4C[C@@H]5C[C@H]4CO5)cc3)cn2)CC1. The minimum atomic E-state index is -3.47. The first kappa shape index (κ1) is 20.9. The van der Waals surface area contributed by atoms with Crippen molar-refractivity contribution in [3.05, 3.63) is 42.6 Å². The molecule has 5 rings (SSSR count). The number of fused-ring (bicyclic) bond motifs is 2. The Hall–Kier alpha value is -2.00. The van der Waals surface area contributed by atoms with Crippen LogP contribution in [0.1, 0.15) is 20.3 Å². The van der Waals surface area contributed by atoms with Crippen molar-refractivity contribution in [3.8, 4) is 11.1 Å². The molecular formula is C23H30N4O3S. The summed E-state index contributed by atoms with van der Waals surface area (Å²) in [5.41, 5.74) is 1.95. The van der Waals surface area contributed by atoms with E-state index in [0.29, 0.717) is 24.1 Å². The average molecular weight is 443 g/mol. The molecule has 3 aliphatic rings. The van der Waals surface area contributed by atoms with Crippen LogP contribution in [0.3, 0.4) is 0 Å². The van der Waals surface area contributed by atoms with Gasteiger partial charge in [-0.3, -0.25) is 4.90 Å². The molecular weight excluding hydrogens is 412 g/mol. The molecule has 2 atom stereocenters. The number of nitrogens with zero attached hydrogens (tertiary/aromatic N) is 4. The minimum absolute atomic E-state index is 0.0196. The molecule has 0 aliphatic carbocycles. The van der Waals surface area contributed by atoms with Crippen LogP contribution < -0.4 is 4.90 Å². The standard InChI is InChI=1S/C23H30N4O3S/c1-17(2)25-9-11-26(12-10-25)23-8-5-19(14-24-23)18-3-6-22(7-4-18)31(28,29)27-15-21-13-20(27)16-30-21/h3-8,14,17,20-21H,9-13,15-16H2,1-2H3/t20-,21-/m0/s1. The van der Waals surface area contributed by atoms with Gasteiger partial charge >= 0.3 is 0 Å². The topological polar surface area (TPSA) is 66.0 Å². The van der Waals surface area contributed by atoms with Gasteiger partial charge in [0.2, 0.25) is 10.0 Å². The lowest BCUT2D eigenvalue weighted by molar-refractivity contribution is 0.0608. The summed E-state index contributed by atoms with van der Waals surface area (Å²) >= 11 is 0. The molecule has 31 heavy (non-hydrogen) atoms. The number of rotatable bonds is 5. The Balaban J connectivity index is 1.27. The molecule has 4 heterocycles. The summed E-state index contributed by atoms with van der Waals surface area (Å²) in [4.78, 5) is 9.83. The largest absolute Gasteiger partial charge is 0.375 e. The molecule has 0 saturated carbocycles. The van der Waals surface area contributed by atoms with Gasteiger partial charge in [-0.1, -0.05) is 12.1 Å². The molecule has 1 aromatic carbocycles. The van der Waals surface area contributed by atoms with E-state index in [-0.39, 0.29) is 12.1 Å². The fourth-order valence-corrected chi connectivity index (χ4v) is 6.48. The minimum Gasteiger partial charge on any atom is -0.375 e. The Morgan fingerprint density at radius 1 is 1.00 bits per heavy atom. The number of pyridine rings is 1. The highest BCUT2D eigenvalue weighted by molar-refractivity contribution is 7.89. The van der Waals surface area contributed by atoms with Crippen molar-refractivity contribution in [1.29, 1.82) is 0 Å². The van der Waals surface area contributed by atoms with E-state index in [1.54, 1.807) is 16.4 Å². The fourth-order valence-electron chi connectivity index (χ4n) is 4.82. The molecule has 0 spiro atoms. The number of benzene rings is 1. The summed E-state index contributed by atoms with van der Waals surface area (Å²) < 4.78 is 33.2. The fraction of sp³-hybridized carbons (Fsp3) is 0.522. The molecule has 3 saturated heterocycles. The van der Waals surface area contributed by atoms with Crippen LogP contribution in [0.25, 0.3) is 11.1 Å². The number of aromatic nitrogens is 1. The summed E-state index contributed by atoms with van der Waals surface area (Å²) in [7, 11) is -3.47. The number of piperazine rings is 1. The van der Waals surface area contributed by atoms with Crippen molar-refractivity contribution in [3.63, 3.8) is 0 Å². The average Bonchev–Trinajstić information content (AvgIpc) is 3.44. The Kier molecular flexibility index (Phi) is 5.50. The van der Waals surface area contributed by atoms with E-state index in [1.807, 2.05) is 18.3 Å². The van der Waals surface area contributed by atoms with E-state index in [2.05, 4.69) is 40.8 Å². The molecule has 7 nitrogen and oxygen atoms in total. The van der Waals surface area contributed by atoms with E-state index in [1.165, 1.54) is 0 Å². The third-order valence-corrected chi connectivity index (χ3v) is 8.69. The summed E-state index contributed by atoms with van der Waals surface area (Å²) in [5.74, 6) is 0.998. The van der Waals surface area contributed by atoms with Gasteiger partial charge in [-0.25, -0.2) is 13.4 Å². The van der Waals surface area contributed by atoms with Crippen LogP contribution in [0.2, 0.25) is 0 Å². The molecule has 0 amide bonds. The molecule has 166 valence electrons. The van der Waals surface area contributed by atoms with E-state index in [9.17, 15) is 8.42 Å². The van der Waals surface area contributed by atoms with Crippen molar-refractivity contribution in [2.24, 2.45) is 0 Å². The second kappa shape index (κ2) is 8.16. The summed E-state index contributed by atoms with van der Waals surface area (Å²) in [6.07, 6.45) is 2.74. The highest BCUT2D eigenvalue weighted by atomic mass is 32.2. The summed E-state index contributed by atoms with van der Waals surface area (Å²) in [6, 6.07) is 11.8. The number of ether oxygens (including phenoxy) is 1. The van der Waals surface area contributed by atoms with Crippen LogP contribution in [-0.2, 0) is 14.8 Å². The number of sulfonamides is 1. The maximum Gasteiger partial charge on any atom is 0.243 e. The van der Waals surface area contributed by atoms with Gasteiger partial charge in [0.15, 0.2) is 0 Å². The first-order valence-electron chi connectivity index (χ1n) is 11.1. The zero-order valence-electron chi connectivity index (χ0n) is 18.1. The summed E-state index contributed by atoms with van der Waals surface area (Å²) in [5, 5.41) is 0. The van der Waals surface area contributed by atoms with E-state index in [0.717, 1.165) is 49.5 Å². The summed E-state index contributed by atoms with van der Waals surface area (Å²) in [6.45, 7) is 9.54. The third-order valence-electron chi connectivity index (χ3n) is 6.76. The van der Waals surface area contributed by atoms with Gasteiger partial charge in [0, 0.05) is 50.5 Å². The molecule has 8 heteroatoms. The molecule has 3 fully saturated rings. The molecule has 2 aromatic rings. The highest BCUT2D eigenvalue weighted by Gasteiger charge is 2.45. The van der Waals surface area contributed by atoms with Crippen molar-refractivity contribution in [1.82, 2.24) is 14.2 Å². The highest BCUT2D eigenvalue weighted by Crippen LogP contribution is 2.33. The number of hydrogen-bond acceptors (Lipinski definition) is 6. The number of anilines is 1. The molecule has 0 unspecified atom stereocenters. The molecule has 2 bridgehead atoms. The zero-order valence-corrected chi connectivity index (χ0v) is 19.0. The van der Waals surface area contributed by atoms with Gasteiger partial charge in [0.1, 0.15) is 5.82 Å². The van der Waals surface area contributed by atoms with Crippen molar-refractivity contribution < 1.29 is 13.2 Å². The Bertz CT molecular complexity index is 1020. The smallest absolute Gasteiger partial charge is 0.243 e. The zero-order chi connectivity index (χ0) is 21.6.